The summed E-state index contributed by atoms with van der Waals surface area (Å²) in [5, 5.41) is 24.5. The molecule has 0 aliphatic carbocycles. The van der Waals surface area contributed by atoms with Gasteiger partial charge < -0.3 is 20.8 Å². The van der Waals surface area contributed by atoms with E-state index in [9.17, 15) is 42.2 Å². The normalized spacial score (nSPS) is 24.6. The SMILES string of the molecule is O=C(O)[C@@H](Cc1cccc(N2CCN(c3cccc(C[C@H](C(=O)O)C4CNCC4(F)F)c3)C2=O)c1)C1CNCC1(F)F. The monoisotopic (exact) mass is 592 g/mol. The molecule has 0 spiro atoms. The average molecular weight is 593 g/mol. The summed E-state index contributed by atoms with van der Waals surface area (Å²) in [6.45, 7) is -0.760. The molecule has 2 aromatic carbocycles. The molecule has 2 amide bonds. The van der Waals surface area contributed by atoms with Crippen molar-refractivity contribution < 1.29 is 42.2 Å². The molecule has 4 atom stereocenters. The van der Waals surface area contributed by atoms with Gasteiger partial charge in [-0.2, -0.15) is 0 Å². The minimum absolute atomic E-state index is 0.102. The van der Waals surface area contributed by atoms with Crippen LogP contribution >= 0.6 is 0 Å². The van der Waals surface area contributed by atoms with E-state index in [0.29, 0.717) is 22.5 Å². The van der Waals surface area contributed by atoms with Crippen LogP contribution in [0.5, 0.6) is 0 Å². The van der Waals surface area contributed by atoms with E-state index in [2.05, 4.69) is 10.6 Å². The zero-order chi connectivity index (χ0) is 30.2. The highest BCUT2D eigenvalue weighted by Gasteiger charge is 2.51. The average Bonchev–Trinajstić information content (AvgIpc) is 3.60. The smallest absolute Gasteiger partial charge is 0.329 e. The van der Waals surface area contributed by atoms with Crippen LogP contribution in [0, 0.1) is 23.7 Å². The van der Waals surface area contributed by atoms with Gasteiger partial charge in [-0.15, -0.1) is 0 Å². The highest BCUT2D eigenvalue weighted by atomic mass is 19.3. The van der Waals surface area contributed by atoms with Crippen LogP contribution in [0.2, 0.25) is 0 Å². The molecule has 3 saturated heterocycles. The number of nitrogens with zero attached hydrogens (tertiary/aromatic N) is 2. The third kappa shape index (κ3) is 5.93. The number of carbonyl (C=O) groups is 3. The predicted molar refractivity (Wildman–Crippen MR) is 145 cm³/mol. The number of rotatable bonds is 10. The molecule has 3 fully saturated rings. The molecular weight excluding hydrogens is 560 g/mol. The van der Waals surface area contributed by atoms with Crippen molar-refractivity contribution in [3.8, 4) is 0 Å². The van der Waals surface area contributed by atoms with E-state index in [1.165, 1.54) is 9.80 Å². The molecule has 3 aliphatic heterocycles. The van der Waals surface area contributed by atoms with Crippen LogP contribution in [0.3, 0.4) is 0 Å². The molecule has 0 bridgehead atoms. The number of amides is 2. The van der Waals surface area contributed by atoms with Gasteiger partial charge in [-0.3, -0.25) is 19.4 Å². The molecule has 0 aromatic heterocycles. The van der Waals surface area contributed by atoms with Crippen molar-refractivity contribution in [3.63, 3.8) is 0 Å². The summed E-state index contributed by atoms with van der Waals surface area (Å²) < 4.78 is 57.2. The number of halogens is 4. The lowest BCUT2D eigenvalue weighted by Gasteiger charge is -2.25. The first-order valence-electron chi connectivity index (χ1n) is 13.8. The zero-order valence-electron chi connectivity index (χ0n) is 22.6. The number of hydrogen-bond donors (Lipinski definition) is 4. The molecule has 226 valence electrons. The van der Waals surface area contributed by atoms with E-state index in [1.807, 2.05) is 0 Å². The van der Waals surface area contributed by atoms with Gasteiger partial charge in [0.2, 0.25) is 0 Å². The molecule has 3 heterocycles. The number of benzene rings is 2. The third-order valence-corrected chi connectivity index (χ3v) is 8.51. The summed E-state index contributed by atoms with van der Waals surface area (Å²) in [4.78, 5) is 40.2. The zero-order valence-corrected chi connectivity index (χ0v) is 22.6. The Bertz CT molecular complexity index is 1260. The van der Waals surface area contributed by atoms with Crippen molar-refractivity contribution in [1.29, 1.82) is 0 Å². The molecule has 9 nitrogen and oxygen atoms in total. The van der Waals surface area contributed by atoms with Crippen LogP contribution in [-0.4, -0.2) is 79.3 Å². The van der Waals surface area contributed by atoms with Crippen LogP contribution in [0.25, 0.3) is 0 Å². The summed E-state index contributed by atoms with van der Waals surface area (Å²) in [6.07, 6.45) is -0.252. The number of aliphatic carboxylic acids is 2. The van der Waals surface area contributed by atoms with Gasteiger partial charge in [0.1, 0.15) is 0 Å². The van der Waals surface area contributed by atoms with E-state index in [0.717, 1.165) is 0 Å². The van der Waals surface area contributed by atoms with Crippen molar-refractivity contribution in [2.45, 2.75) is 24.7 Å². The van der Waals surface area contributed by atoms with Crippen molar-refractivity contribution in [2.24, 2.45) is 23.7 Å². The van der Waals surface area contributed by atoms with E-state index in [1.54, 1.807) is 48.5 Å². The molecule has 13 heteroatoms. The van der Waals surface area contributed by atoms with Gasteiger partial charge >= 0.3 is 18.0 Å². The maximum absolute atomic E-state index is 14.3. The van der Waals surface area contributed by atoms with Gasteiger partial charge in [0, 0.05) is 37.6 Å². The number of alkyl halides is 4. The maximum Gasteiger partial charge on any atom is 0.329 e. The number of urea groups is 1. The first-order valence-corrected chi connectivity index (χ1v) is 13.8. The second-order valence-electron chi connectivity index (χ2n) is 11.2. The fourth-order valence-corrected chi connectivity index (χ4v) is 6.25. The Kier molecular flexibility index (Phi) is 8.17. The number of carboxylic acids is 2. The predicted octanol–water partition coefficient (Wildman–Crippen LogP) is 3.33. The summed E-state index contributed by atoms with van der Waals surface area (Å²) in [5.74, 6) is -14.2. The first-order chi connectivity index (χ1) is 19.9. The largest absolute Gasteiger partial charge is 0.481 e. The lowest BCUT2D eigenvalue weighted by molar-refractivity contribution is -0.149. The number of carbonyl (C=O) groups excluding carboxylic acids is 1. The highest BCUT2D eigenvalue weighted by molar-refractivity contribution is 6.06. The molecule has 0 saturated carbocycles. The van der Waals surface area contributed by atoms with Crippen molar-refractivity contribution in [1.82, 2.24) is 10.6 Å². The minimum atomic E-state index is -3.14. The Balaban J connectivity index is 1.30. The Labute approximate surface area is 239 Å². The van der Waals surface area contributed by atoms with E-state index in [4.69, 9.17) is 0 Å². The van der Waals surface area contributed by atoms with E-state index in [-0.39, 0.29) is 45.1 Å². The topological polar surface area (TPSA) is 122 Å². The molecule has 0 radical (unpaired) electrons. The standard InChI is InChI=1S/C29H32F4N4O5/c30-28(31)15-34-13-23(28)21(25(38)39)11-17-3-1-5-19(9-17)36-7-8-37(27(36)42)20-6-2-4-18(10-20)12-22(26(40)41)24-14-35-16-29(24,32)33/h1-6,9-10,21-24,34-35H,7-8,11-16H2,(H,38,39)(H,40,41)/t21-,22-,23?,24?/m0/s1. The van der Waals surface area contributed by atoms with Gasteiger partial charge in [0.25, 0.3) is 11.8 Å². The van der Waals surface area contributed by atoms with Crippen LogP contribution in [0.1, 0.15) is 11.1 Å². The van der Waals surface area contributed by atoms with Crippen LogP contribution in [0.15, 0.2) is 48.5 Å². The molecule has 5 rings (SSSR count). The number of anilines is 2. The van der Waals surface area contributed by atoms with E-state index >= 15 is 0 Å². The molecule has 2 unspecified atom stereocenters. The minimum Gasteiger partial charge on any atom is -0.481 e. The van der Waals surface area contributed by atoms with Gasteiger partial charge in [0.05, 0.1) is 36.8 Å². The Morgan fingerprint density at radius 2 is 1.19 bits per heavy atom. The fourth-order valence-electron chi connectivity index (χ4n) is 6.25. The number of hydrogen-bond acceptors (Lipinski definition) is 5. The fraction of sp³-hybridized carbons (Fsp3) is 0.483. The molecule has 2 aromatic rings. The lowest BCUT2D eigenvalue weighted by atomic mass is 9.84. The van der Waals surface area contributed by atoms with Gasteiger partial charge in [0.15, 0.2) is 0 Å². The molecule has 3 aliphatic rings. The Hall–Kier alpha value is -3.71. The van der Waals surface area contributed by atoms with Crippen molar-refractivity contribution >= 4 is 29.3 Å². The Morgan fingerprint density at radius 3 is 1.52 bits per heavy atom. The molecular formula is C29H32F4N4O5. The van der Waals surface area contributed by atoms with Crippen LogP contribution < -0.4 is 20.4 Å². The quantitative estimate of drug-likeness (QED) is 0.312. The molecule has 4 N–H and O–H groups in total. The first kappa shape index (κ1) is 29.8. The summed E-state index contributed by atoms with van der Waals surface area (Å²) in [7, 11) is 0. The Morgan fingerprint density at radius 1 is 0.786 bits per heavy atom. The van der Waals surface area contributed by atoms with Crippen molar-refractivity contribution in [2.75, 3.05) is 49.1 Å². The summed E-state index contributed by atoms with van der Waals surface area (Å²) >= 11 is 0. The van der Waals surface area contributed by atoms with Gasteiger partial charge in [-0.1, -0.05) is 24.3 Å². The number of nitrogens with one attached hydrogen (secondary N) is 2. The van der Waals surface area contributed by atoms with E-state index < -0.39 is 60.5 Å². The maximum atomic E-state index is 14.3. The second kappa shape index (κ2) is 11.5. The second-order valence-corrected chi connectivity index (χ2v) is 11.2. The lowest BCUT2D eigenvalue weighted by Crippen LogP contribution is -2.38. The van der Waals surface area contributed by atoms with Gasteiger partial charge in [-0.25, -0.2) is 22.4 Å². The number of carboxylic acid groups (broad SMARTS) is 2. The van der Waals surface area contributed by atoms with Crippen molar-refractivity contribution in [3.05, 3.63) is 59.7 Å². The third-order valence-electron chi connectivity index (χ3n) is 8.51. The summed E-state index contributed by atoms with van der Waals surface area (Å²) in [6, 6.07) is 12.8. The van der Waals surface area contributed by atoms with Gasteiger partial charge in [-0.05, 0) is 48.2 Å². The highest BCUT2D eigenvalue weighted by Crippen LogP contribution is 2.38. The summed E-state index contributed by atoms with van der Waals surface area (Å²) in [5.41, 5.74) is 1.99. The van der Waals surface area contributed by atoms with Crippen LogP contribution in [-0.2, 0) is 22.4 Å². The van der Waals surface area contributed by atoms with Crippen LogP contribution in [0.4, 0.5) is 33.7 Å². The molecule has 42 heavy (non-hydrogen) atoms.